The van der Waals surface area contributed by atoms with Gasteiger partial charge in [0.15, 0.2) is 0 Å². The van der Waals surface area contributed by atoms with Crippen molar-refractivity contribution >= 4 is 33.0 Å². The van der Waals surface area contributed by atoms with Gasteiger partial charge in [-0.3, -0.25) is 0 Å². The molecule has 0 aromatic carbocycles. The van der Waals surface area contributed by atoms with Crippen molar-refractivity contribution in [1.29, 1.82) is 0 Å². The molecule has 2 rings (SSSR count). The highest BCUT2D eigenvalue weighted by Gasteiger charge is 2.34. The Morgan fingerprint density at radius 3 is 2.58 bits per heavy atom. The number of hydrogen-bond donors (Lipinski definition) is 1. The maximum atomic E-state index is 12.2. The summed E-state index contributed by atoms with van der Waals surface area (Å²) in [5.41, 5.74) is -0.0422. The molecule has 1 aliphatic rings. The number of nitrogens with one attached hydrogen (secondary N) is 1. The Labute approximate surface area is 124 Å². The van der Waals surface area contributed by atoms with Crippen LogP contribution in [-0.2, 0) is 16.4 Å². The Morgan fingerprint density at radius 2 is 2.05 bits per heavy atom. The highest BCUT2D eigenvalue weighted by Crippen LogP contribution is 2.38. The standard InChI is InChI=1S/C13H20ClNO2S2/c1-2-11-5-6-12(18-11)19(16,17)15-10-13(9-14)7-3-4-8-13/h5-6,15H,2-4,7-10H2,1H3. The van der Waals surface area contributed by atoms with Crippen LogP contribution in [0.5, 0.6) is 0 Å². The molecule has 1 saturated carbocycles. The molecule has 1 fully saturated rings. The number of alkyl halides is 1. The lowest BCUT2D eigenvalue weighted by Gasteiger charge is -2.26. The minimum absolute atomic E-state index is 0.0422. The first-order chi connectivity index (χ1) is 9.01. The van der Waals surface area contributed by atoms with Gasteiger partial charge in [0.05, 0.1) is 0 Å². The smallest absolute Gasteiger partial charge is 0.210 e. The summed E-state index contributed by atoms with van der Waals surface area (Å²) in [6, 6.07) is 3.57. The van der Waals surface area contributed by atoms with Crippen molar-refractivity contribution in [2.75, 3.05) is 12.4 Å². The molecule has 0 bridgehead atoms. The first-order valence-corrected chi connectivity index (χ1v) is 9.49. The van der Waals surface area contributed by atoms with Gasteiger partial charge in [-0.1, -0.05) is 19.8 Å². The van der Waals surface area contributed by atoms with E-state index in [0.29, 0.717) is 16.6 Å². The number of hydrogen-bond acceptors (Lipinski definition) is 3. The van der Waals surface area contributed by atoms with Crippen LogP contribution in [0.4, 0.5) is 0 Å². The van der Waals surface area contributed by atoms with E-state index in [2.05, 4.69) is 4.72 Å². The molecule has 6 heteroatoms. The fraction of sp³-hybridized carbons (Fsp3) is 0.692. The van der Waals surface area contributed by atoms with Crippen molar-refractivity contribution in [2.45, 2.75) is 43.2 Å². The Hall–Kier alpha value is -0.100. The summed E-state index contributed by atoms with van der Waals surface area (Å²) in [6.45, 7) is 2.48. The third-order valence-electron chi connectivity index (χ3n) is 3.84. The summed E-state index contributed by atoms with van der Waals surface area (Å²) in [6.07, 6.45) is 5.19. The van der Waals surface area contributed by atoms with Gasteiger partial charge >= 0.3 is 0 Å². The summed E-state index contributed by atoms with van der Waals surface area (Å²) in [7, 11) is -3.38. The van der Waals surface area contributed by atoms with Crippen LogP contribution in [0, 0.1) is 5.41 Å². The fourth-order valence-electron chi connectivity index (χ4n) is 2.49. The van der Waals surface area contributed by atoms with E-state index in [4.69, 9.17) is 11.6 Å². The number of thiophene rings is 1. The topological polar surface area (TPSA) is 46.2 Å². The molecule has 0 unspecified atom stereocenters. The average molecular weight is 322 g/mol. The van der Waals surface area contributed by atoms with Gasteiger partial charge in [-0.15, -0.1) is 22.9 Å². The monoisotopic (exact) mass is 321 g/mol. The molecule has 3 nitrogen and oxygen atoms in total. The summed E-state index contributed by atoms with van der Waals surface area (Å²) < 4.78 is 27.6. The first kappa shape index (κ1) is 15.3. The fourth-order valence-corrected chi connectivity index (χ4v) is 5.35. The molecule has 0 atom stereocenters. The Balaban J connectivity index is 2.05. The van der Waals surface area contributed by atoms with Crippen molar-refractivity contribution in [2.24, 2.45) is 5.41 Å². The minimum Gasteiger partial charge on any atom is -0.210 e. The van der Waals surface area contributed by atoms with Gasteiger partial charge in [0.25, 0.3) is 0 Å². The molecule has 1 N–H and O–H groups in total. The summed E-state index contributed by atoms with van der Waals surface area (Å²) in [5.74, 6) is 0.528. The van der Waals surface area contributed by atoms with Gasteiger partial charge in [-0.05, 0) is 36.8 Å². The molecule has 1 aliphatic carbocycles. The molecular formula is C13H20ClNO2S2. The maximum absolute atomic E-state index is 12.2. The van der Waals surface area contributed by atoms with Crippen LogP contribution in [-0.4, -0.2) is 20.8 Å². The van der Waals surface area contributed by atoms with Crippen molar-refractivity contribution in [3.05, 3.63) is 17.0 Å². The van der Waals surface area contributed by atoms with E-state index in [1.807, 2.05) is 13.0 Å². The largest absolute Gasteiger partial charge is 0.250 e. The van der Waals surface area contributed by atoms with E-state index in [1.165, 1.54) is 11.3 Å². The molecule has 19 heavy (non-hydrogen) atoms. The first-order valence-electron chi connectivity index (χ1n) is 6.66. The average Bonchev–Trinajstić information content (AvgIpc) is 3.06. The number of halogens is 1. The minimum atomic E-state index is -3.38. The lowest BCUT2D eigenvalue weighted by atomic mass is 9.89. The van der Waals surface area contributed by atoms with Crippen molar-refractivity contribution in [1.82, 2.24) is 4.72 Å². The molecule has 0 radical (unpaired) electrons. The SMILES string of the molecule is CCc1ccc(S(=O)(=O)NCC2(CCl)CCCC2)s1. The molecule has 0 saturated heterocycles. The second-order valence-corrected chi connectivity index (χ2v) is 8.67. The quantitative estimate of drug-likeness (QED) is 0.816. The zero-order valence-corrected chi connectivity index (χ0v) is 13.5. The van der Waals surface area contributed by atoms with Crippen LogP contribution >= 0.6 is 22.9 Å². The predicted molar refractivity (Wildman–Crippen MR) is 80.5 cm³/mol. The Bertz CT molecular complexity index is 519. The molecule has 0 aliphatic heterocycles. The van der Waals surface area contributed by atoms with Crippen LogP contribution in [0.1, 0.15) is 37.5 Å². The van der Waals surface area contributed by atoms with Crippen molar-refractivity contribution < 1.29 is 8.42 Å². The molecule has 0 amide bonds. The van der Waals surface area contributed by atoms with Crippen LogP contribution in [0.15, 0.2) is 16.3 Å². The Morgan fingerprint density at radius 1 is 1.37 bits per heavy atom. The summed E-state index contributed by atoms with van der Waals surface area (Å²) in [4.78, 5) is 1.09. The molecule has 1 heterocycles. The zero-order valence-electron chi connectivity index (χ0n) is 11.1. The van der Waals surface area contributed by atoms with Gasteiger partial charge in [0.2, 0.25) is 10.0 Å². The highest BCUT2D eigenvalue weighted by atomic mass is 35.5. The van der Waals surface area contributed by atoms with Crippen LogP contribution in [0.3, 0.4) is 0 Å². The van der Waals surface area contributed by atoms with Gasteiger partial charge in [0, 0.05) is 17.3 Å². The number of sulfonamides is 1. The third-order valence-corrected chi connectivity index (χ3v) is 7.52. The van der Waals surface area contributed by atoms with E-state index in [9.17, 15) is 8.42 Å². The van der Waals surface area contributed by atoms with Crippen LogP contribution in [0.2, 0.25) is 0 Å². The van der Waals surface area contributed by atoms with E-state index in [1.54, 1.807) is 6.07 Å². The van der Waals surface area contributed by atoms with Crippen LogP contribution < -0.4 is 4.72 Å². The normalized spacial score (nSPS) is 18.8. The predicted octanol–water partition coefficient (Wildman–Crippen LogP) is 3.39. The van der Waals surface area contributed by atoms with Gasteiger partial charge in [0.1, 0.15) is 4.21 Å². The number of rotatable bonds is 6. The van der Waals surface area contributed by atoms with E-state index in [-0.39, 0.29) is 5.41 Å². The van der Waals surface area contributed by atoms with Gasteiger partial charge in [-0.25, -0.2) is 13.1 Å². The summed E-state index contributed by atoms with van der Waals surface area (Å²) in [5, 5.41) is 0. The molecule has 0 spiro atoms. The van der Waals surface area contributed by atoms with Crippen LogP contribution in [0.25, 0.3) is 0 Å². The number of aryl methyl sites for hydroxylation is 1. The third kappa shape index (κ3) is 3.51. The highest BCUT2D eigenvalue weighted by molar-refractivity contribution is 7.91. The lowest BCUT2D eigenvalue weighted by Crippen LogP contribution is -2.36. The maximum Gasteiger partial charge on any atom is 0.250 e. The summed E-state index contributed by atoms with van der Waals surface area (Å²) >= 11 is 7.38. The second kappa shape index (κ2) is 6.12. The van der Waals surface area contributed by atoms with Gasteiger partial charge < -0.3 is 0 Å². The second-order valence-electron chi connectivity index (χ2n) is 5.24. The van der Waals surface area contributed by atoms with E-state index < -0.39 is 10.0 Å². The molecule has 1 aromatic rings. The van der Waals surface area contributed by atoms with Gasteiger partial charge in [-0.2, -0.15) is 0 Å². The molecule has 1 aromatic heterocycles. The van der Waals surface area contributed by atoms with Crippen molar-refractivity contribution in [3.63, 3.8) is 0 Å². The van der Waals surface area contributed by atoms with E-state index >= 15 is 0 Å². The lowest BCUT2D eigenvalue weighted by molar-refractivity contribution is 0.342. The Kier molecular flexibility index (Phi) is 4.93. The zero-order chi connectivity index (χ0) is 13.9. The molecule has 108 valence electrons. The molecular weight excluding hydrogens is 302 g/mol. The van der Waals surface area contributed by atoms with E-state index in [0.717, 1.165) is 37.0 Å². The van der Waals surface area contributed by atoms with Crippen molar-refractivity contribution in [3.8, 4) is 0 Å².